The van der Waals surface area contributed by atoms with Gasteiger partial charge in [-0.2, -0.15) is 0 Å². The Morgan fingerprint density at radius 1 is 1.10 bits per heavy atom. The van der Waals surface area contributed by atoms with Gasteiger partial charge in [0.15, 0.2) is 11.5 Å². The zero-order chi connectivity index (χ0) is 21.0. The predicted octanol–water partition coefficient (Wildman–Crippen LogP) is 3.54. The van der Waals surface area contributed by atoms with Crippen LogP contribution >= 0.6 is 0 Å². The van der Waals surface area contributed by atoms with Crippen LogP contribution < -0.4 is 14.2 Å². The fourth-order valence-electron chi connectivity index (χ4n) is 3.41. The standard InChI is InChI=1S/C22H24FNO5/c1-5-29-22(25)17-12-24-19(9-13-8-14(26-2)6-7-18(13)23)16-11-21(28-4)20(27-3)10-15(16)17/h6-8,10-11,17H,5,9,12H2,1-4H3. The van der Waals surface area contributed by atoms with Crippen LogP contribution in [0, 0.1) is 5.82 Å². The highest BCUT2D eigenvalue weighted by molar-refractivity contribution is 6.06. The van der Waals surface area contributed by atoms with E-state index in [-0.39, 0.29) is 31.4 Å². The quantitative estimate of drug-likeness (QED) is 0.664. The summed E-state index contributed by atoms with van der Waals surface area (Å²) < 4.78 is 35.6. The van der Waals surface area contributed by atoms with Gasteiger partial charge in [0.25, 0.3) is 0 Å². The van der Waals surface area contributed by atoms with Gasteiger partial charge < -0.3 is 18.9 Å². The number of esters is 1. The number of ether oxygens (including phenoxy) is 4. The highest BCUT2D eigenvalue weighted by Crippen LogP contribution is 2.37. The van der Waals surface area contributed by atoms with Crippen molar-refractivity contribution in [3.63, 3.8) is 0 Å². The van der Waals surface area contributed by atoms with E-state index < -0.39 is 5.92 Å². The Hall–Kier alpha value is -3.09. The monoisotopic (exact) mass is 401 g/mol. The van der Waals surface area contributed by atoms with Crippen LogP contribution in [0.25, 0.3) is 0 Å². The zero-order valence-corrected chi connectivity index (χ0v) is 17.0. The first-order valence-electron chi connectivity index (χ1n) is 9.31. The normalized spacial score (nSPS) is 15.2. The van der Waals surface area contributed by atoms with Gasteiger partial charge in [-0.3, -0.25) is 9.79 Å². The number of fused-ring (bicyclic) bond motifs is 1. The molecule has 0 aliphatic carbocycles. The van der Waals surface area contributed by atoms with E-state index in [2.05, 4.69) is 4.99 Å². The third-order valence-corrected chi connectivity index (χ3v) is 4.89. The van der Waals surface area contributed by atoms with Crippen LogP contribution in [0.5, 0.6) is 17.2 Å². The van der Waals surface area contributed by atoms with Gasteiger partial charge in [0.05, 0.1) is 34.5 Å². The molecule has 0 saturated heterocycles. The molecule has 1 aliphatic heterocycles. The van der Waals surface area contributed by atoms with Crippen molar-refractivity contribution in [2.45, 2.75) is 19.3 Å². The van der Waals surface area contributed by atoms with E-state index in [0.29, 0.717) is 34.1 Å². The Morgan fingerprint density at radius 3 is 2.48 bits per heavy atom. The van der Waals surface area contributed by atoms with Crippen molar-refractivity contribution < 1.29 is 28.1 Å². The summed E-state index contributed by atoms with van der Waals surface area (Å²) in [6, 6.07) is 8.13. The summed E-state index contributed by atoms with van der Waals surface area (Å²) in [5, 5.41) is 0. The summed E-state index contributed by atoms with van der Waals surface area (Å²) in [6.45, 7) is 2.27. The second kappa shape index (κ2) is 8.94. The Morgan fingerprint density at radius 2 is 1.83 bits per heavy atom. The number of hydrogen-bond donors (Lipinski definition) is 0. The number of carbonyl (C=O) groups excluding carboxylic acids is 1. The molecule has 3 rings (SSSR count). The fraction of sp³-hybridized carbons (Fsp3) is 0.364. The summed E-state index contributed by atoms with van der Waals surface area (Å²) in [4.78, 5) is 17.1. The average Bonchev–Trinajstić information content (AvgIpc) is 2.74. The number of carbonyl (C=O) groups is 1. The van der Waals surface area contributed by atoms with Crippen LogP contribution in [0.4, 0.5) is 4.39 Å². The van der Waals surface area contributed by atoms with Crippen molar-refractivity contribution in [3.8, 4) is 17.2 Å². The Labute approximate surface area is 169 Å². The van der Waals surface area contributed by atoms with E-state index in [9.17, 15) is 9.18 Å². The first-order valence-corrected chi connectivity index (χ1v) is 9.31. The van der Waals surface area contributed by atoms with Crippen LogP contribution in [0.15, 0.2) is 35.3 Å². The van der Waals surface area contributed by atoms with Gasteiger partial charge in [-0.05, 0) is 48.4 Å². The largest absolute Gasteiger partial charge is 0.497 e. The summed E-state index contributed by atoms with van der Waals surface area (Å²) >= 11 is 0. The predicted molar refractivity (Wildman–Crippen MR) is 107 cm³/mol. The number of rotatable bonds is 7. The number of methoxy groups -OCH3 is 3. The first-order chi connectivity index (χ1) is 14.0. The topological polar surface area (TPSA) is 66.4 Å². The third-order valence-electron chi connectivity index (χ3n) is 4.89. The molecule has 0 radical (unpaired) electrons. The van der Waals surface area contributed by atoms with Crippen LogP contribution in [-0.2, 0) is 16.0 Å². The van der Waals surface area contributed by atoms with Gasteiger partial charge in [0.2, 0.25) is 0 Å². The molecular formula is C22H24FNO5. The van der Waals surface area contributed by atoms with Gasteiger partial charge in [-0.25, -0.2) is 4.39 Å². The van der Waals surface area contributed by atoms with Crippen molar-refractivity contribution in [2.75, 3.05) is 34.5 Å². The Kier molecular flexibility index (Phi) is 6.36. The van der Waals surface area contributed by atoms with Gasteiger partial charge in [0, 0.05) is 17.7 Å². The molecule has 2 aromatic carbocycles. The molecule has 0 saturated carbocycles. The van der Waals surface area contributed by atoms with Gasteiger partial charge in [-0.15, -0.1) is 0 Å². The minimum absolute atomic E-state index is 0.224. The molecule has 1 unspecified atom stereocenters. The smallest absolute Gasteiger partial charge is 0.315 e. The van der Waals surface area contributed by atoms with E-state index in [1.807, 2.05) is 0 Å². The molecule has 154 valence electrons. The number of hydrogen-bond acceptors (Lipinski definition) is 6. The molecule has 0 N–H and O–H groups in total. The van der Waals surface area contributed by atoms with E-state index >= 15 is 0 Å². The van der Waals surface area contributed by atoms with Crippen LogP contribution in [0.2, 0.25) is 0 Å². The summed E-state index contributed by atoms with van der Waals surface area (Å²) in [5.41, 5.74) is 2.57. The summed E-state index contributed by atoms with van der Waals surface area (Å²) in [6.07, 6.45) is 0.251. The molecule has 29 heavy (non-hydrogen) atoms. The third kappa shape index (κ3) is 4.18. The number of halogens is 1. The summed E-state index contributed by atoms with van der Waals surface area (Å²) in [5.74, 6) is 0.335. The minimum atomic E-state index is -0.552. The van der Waals surface area contributed by atoms with Crippen molar-refractivity contribution in [3.05, 3.63) is 52.8 Å². The lowest BCUT2D eigenvalue weighted by Crippen LogP contribution is -2.26. The molecule has 1 atom stereocenters. The maximum absolute atomic E-state index is 14.4. The zero-order valence-electron chi connectivity index (χ0n) is 17.0. The van der Waals surface area contributed by atoms with Crippen LogP contribution in [0.1, 0.15) is 29.5 Å². The maximum atomic E-state index is 14.4. The van der Waals surface area contributed by atoms with E-state index in [0.717, 1.165) is 5.56 Å². The lowest BCUT2D eigenvalue weighted by molar-refractivity contribution is -0.144. The van der Waals surface area contributed by atoms with Crippen LogP contribution in [-0.4, -0.2) is 46.2 Å². The van der Waals surface area contributed by atoms with Crippen molar-refractivity contribution >= 4 is 11.7 Å². The van der Waals surface area contributed by atoms with E-state index in [4.69, 9.17) is 18.9 Å². The van der Waals surface area contributed by atoms with Crippen molar-refractivity contribution in [1.82, 2.24) is 0 Å². The maximum Gasteiger partial charge on any atom is 0.315 e. The molecule has 0 fully saturated rings. The lowest BCUT2D eigenvalue weighted by Gasteiger charge is -2.25. The second-order valence-electron chi connectivity index (χ2n) is 6.52. The molecule has 1 heterocycles. The second-order valence-corrected chi connectivity index (χ2v) is 6.52. The highest BCUT2D eigenvalue weighted by atomic mass is 19.1. The number of benzene rings is 2. The Balaban J connectivity index is 2.06. The van der Waals surface area contributed by atoms with E-state index in [1.54, 1.807) is 31.2 Å². The Bertz CT molecular complexity index is 941. The van der Waals surface area contributed by atoms with Gasteiger partial charge >= 0.3 is 5.97 Å². The van der Waals surface area contributed by atoms with Crippen molar-refractivity contribution in [2.24, 2.45) is 4.99 Å². The van der Waals surface area contributed by atoms with Crippen LogP contribution in [0.3, 0.4) is 0 Å². The molecular weight excluding hydrogens is 377 g/mol. The van der Waals surface area contributed by atoms with Crippen molar-refractivity contribution in [1.29, 1.82) is 0 Å². The molecule has 1 aliphatic rings. The highest BCUT2D eigenvalue weighted by Gasteiger charge is 2.31. The first kappa shape index (κ1) is 20.6. The summed E-state index contributed by atoms with van der Waals surface area (Å²) in [7, 11) is 4.60. The number of nitrogens with zero attached hydrogens (tertiary/aromatic N) is 1. The van der Waals surface area contributed by atoms with Gasteiger partial charge in [-0.1, -0.05) is 0 Å². The molecule has 0 bridgehead atoms. The average molecular weight is 401 g/mol. The van der Waals surface area contributed by atoms with E-state index in [1.165, 1.54) is 27.4 Å². The lowest BCUT2D eigenvalue weighted by atomic mass is 9.86. The molecule has 7 heteroatoms. The molecule has 0 amide bonds. The minimum Gasteiger partial charge on any atom is -0.497 e. The molecule has 0 spiro atoms. The number of aliphatic imine (C=N–C) groups is 1. The molecule has 6 nitrogen and oxygen atoms in total. The molecule has 2 aromatic rings. The SMILES string of the molecule is CCOC(=O)C1CN=C(Cc2cc(OC)ccc2F)c2cc(OC)c(OC)cc21. The van der Waals surface area contributed by atoms with Gasteiger partial charge in [0.1, 0.15) is 17.5 Å². The fourth-order valence-corrected chi connectivity index (χ4v) is 3.41. The molecule has 0 aromatic heterocycles.